The summed E-state index contributed by atoms with van der Waals surface area (Å²) in [6.45, 7) is 0. The lowest BCUT2D eigenvalue weighted by atomic mass is 11.4. The lowest BCUT2D eigenvalue weighted by molar-refractivity contribution is -0.507. The average molecular weight is 123 g/mol. The minimum absolute atomic E-state index is 1.08. The number of hydrogen-bond donors (Lipinski definition) is 0. The van der Waals surface area contributed by atoms with Gasteiger partial charge in [0.25, 0.3) is 0 Å². The molecule has 0 aliphatic heterocycles. The molecular weight excluding hydrogens is 120 g/mol. The maximum Gasteiger partial charge on any atom is 0.575 e. The van der Waals surface area contributed by atoms with Gasteiger partial charge in [0.15, 0.2) is 0 Å². The molecule has 0 N–H and O–H groups in total. The highest BCUT2D eigenvalue weighted by Gasteiger charge is 2.03. The summed E-state index contributed by atoms with van der Waals surface area (Å²) in [5.41, 5.74) is 0. The molecule has 0 aromatic carbocycles. The van der Waals surface area contributed by atoms with E-state index in [1.807, 2.05) is 0 Å². The molecule has 0 atom stereocenters. The predicted octanol–water partition coefficient (Wildman–Crippen LogP) is -0.0219. The first-order valence-corrected chi connectivity index (χ1v) is 1.52. The van der Waals surface area contributed by atoms with Gasteiger partial charge in [0, 0.05) is 10.3 Å². The van der Waals surface area contributed by atoms with E-state index in [2.05, 4.69) is 19.7 Å². The number of carbonyl (C=O) groups excluding carboxylic acids is 1. The van der Waals surface area contributed by atoms with E-state index < -0.39 is 6.16 Å². The van der Waals surface area contributed by atoms with Crippen LogP contribution in [0.3, 0.4) is 0 Å². The molecule has 0 amide bonds. The summed E-state index contributed by atoms with van der Waals surface area (Å²) >= 11 is 0. The van der Waals surface area contributed by atoms with Gasteiger partial charge in [-0.05, 0) is 0 Å². The van der Waals surface area contributed by atoms with Gasteiger partial charge in [0.2, 0.25) is 0 Å². The number of carbonyl (C=O) groups is 1. The van der Waals surface area contributed by atoms with Crippen LogP contribution in [0.15, 0.2) is 0 Å². The van der Waals surface area contributed by atoms with E-state index in [-0.39, 0.29) is 0 Å². The first kappa shape index (κ1) is 7.15. The smallest absolute Gasteiger partial charge is 0.258 e. The van der Waals surface area contributed by atoms with Crippen LogP contribution in [0.1, 0.15) is 0 Å². The van der Waals surface area contributed by atoms with Crippen molar-refractivity contribution in [2.45, 2.75) is 0 Å². The largest absolute Gasteiger partial charge is 0.575 e. The Kier molecular flexibility index (Phi) is 3.85. The number of hydrogen-bond acceptors (Lipinski definition) is 5. The van der Waals surface area contributed by atoms with Gasteiger partial charge in [-0.2, -0.15) is 9.68 Å². The second-order valence-electron chi connectivity index (χ2n) is 0.651. The Hall–Kier alpha value is -0.850. The van der Waals surface area contributed by atoms with Gasteiger partial charge in [-0.15, -0.1) is 0 Å². The zero-order valence-corrected chi connectivity index (χ0v) is 3.95. The third-order valence-electron chi connectivity index (χ3n) is 0.253. The standard InChI is InChI=1S/C2H3O6/c1-5-6-2(3)7-8-4/h1H3. The Labute approximate surface area is 44.3 Å². The topological polar surface area (TPSA) is 73.9 Å². The Balaban J connectivity index is 3.06. The molecule has 0 aromatic rings. The highest BCUT2D eigenvalue weighted by molar-refractivity contribution is 5.57. The molecule has 47 valence electrons. The van der Waals surface area contributed by atoms with E-state index in [1.165, 1.54) is 0 Å². The maximum atomic E-state index is 9.75. The summed E-state index contributed by atoms with van der Waals surface area (Å²) in [5.74, 6) is 0. The van der Waals surface area contributed by atoms with Crippen molar-refractivity contribution >= 4 is 6.16 Å². The van der Waals surface area contributed by atoms with E-state index >= 15 is 0 Å². The second kappa shape index (κ2) is 4.31. The summed E-state index contributed by atoms with van der Waals surface area (Å²) in [6.07, 6.45) is -1.34. The molecule has 6 heteroatoms. The molecule has 0 heterocycles. The van der Waals surface area contributed by atoms with E-state index in [0.717, 1.165) is 7.11 Å². The van der Waals surface area contributed by atoms with E-state index in [4.69, 9.17) is 5.26 Å². The van der Waals surface area contributed by atoms with Gasteiger partial charge in [0.05, 0.1) is 7.11 Å². The number of rotatable bonds is 2. The molecule has 0 unspecified atom stereocenters. The van der Waals surface area contributed by atoms with Crippen molar-refractivity contribution in [2.75, 3.05) is 7.11 Å². The molecule has 0 spiro atoms. The molecule has 8 heavy (non-hydrogen) atoms. The van der Waals surface area contributed by atoms with E-state index in [9.17, 15) is 4.79 Å². The van der Waals surface area contributed by atoms with E-state index in [1.54, 1.807) is 0 Å². The van der Waals surface area contributed by atoms with Crippen LogP contribution in [0, 0.1) is 0 Å². The summed E-state index contributed by atoms with van der Waals surface area (Å²) in [7, 11) is 1.08. The van der Waals surface area contributed by atoms with Crippen LogP contribution in [0.25, 0.3) is 0 Å². The van der Waals surface area contributed by atoms with Crippen molar-refractivity contribution in [1.29, 1.82) is 0 Å². The molecule has 1 radical (unpaired) electrons. The molecule has 0 aliphatic rings. The lowest BCUT2D eigenvalue weighted by Gasteiger charge is -1.91. The molecule has 0 saturated heterocycles. The molecular formula is C2H3O6. The molecule has 0 rings (SSSR count). The monoisotopic (exact) mass is 123 g/mol. The van der Waals surface area contributed by atoms with E-state index in [0.29, 0.717) is 0 Å². The molecule has 0 aliphatic carbocycles. The molecule has 0 fully saturated rings. The fourth-order valence-corrected chi connectivity index (χ4v) is 0.110. The zero-order valence-electron chi connectivity index (χ0n) is 3.95. The predicted molar refractivity (Wildman–Crippen MR) is 16.3 cm³/mol. The zero-order chi connectivity index (χ0) is 6.41. The lowest BCUT2D eigenvalue weighted by Crippen LogP contribution is -2.04. The van der Waals surface area contributed by atoms with Crippen molar-refractivity contribution in [3.05, 3.63) is 0 Å². The van der Waals surface area contributed by atoms with Gasteiger partial charge >= 0.3 is 6.16 Å². The first-order chi connectivity index (χ1) is 3.81. The van der Waals surface area contributed by atoms with Crippen molar-refractivity contribution in [3.63, 3.8) is 0 Å². The van der Waals surface area contributed by atoms with Crippen molar-refractivity contribution < 1.29 is 29.8 Å². The second-order valence-corrected chi connectivity index (χ2v) is 0.651. The van der Waals surface area contributed by atoms with Gasteiger partial charge in [-0.1, -0.05) is 0 Å². The van der Waals surface area contributed by atoms with Gasteiger partial charge in [-0.25, -0.2) is 4.89 Å². The average Bonchev–Trinajstić information content (AvgIpc) is 1.68. The first-order valence-electron chi connectivity index (χ1n) is 1.52. The van der Waals surface area contributed by atoms with Crippen molar-refractivity contribution in [1.82, 2.24) is 0 Å². The van der Waals surface area contributed by atoms with Gasteiger partial charge < -0.3 is 0 Å². The van der Waals surface area contributed by atoms with Crippen LogP contribution < -0.4 is 0 Å². The fourth-order valence-electron chi connectivity index (χ4n) is 0.110. The highest BCUT2D eigenvalue weighted by atomic mass is 17.5. The molecule has 6 nitrogen and oxygen atoms in total. The Morgan fingerprint density at radius 3 is 2.38 bits per heavy atom. The molecule has 0 bridgehead atoms. The van der Waals surface area contributed by atoms with Crippen LogP contribution in [0.4, 0.5) is 4.79 Å². The Morgan fingerprint density at radius 1 is 1.38 bits per heavy atom. The van der Waals surface area contributed by atoms with Crippen LogP contribution in [0.5, 0.6) is 0 Å². The summed E-state index contributed by atoms with van der Waals surface area (Å²) in [4.78, 5) is 20.3. The van der Waals surface area contributed by atoms with Crippen LogP contribution in [-0.2, 0) is 25.0 Å². The van der Waals surface area contributed by atoms with Gasteiger partial charge in [-0.3, -0.25) is 4.89 Å². The SMILES string of the molecule is COOC(=O)OO[O]. The third-order valence-corrected chi connectivity index (χ3v) is 0.253. The van der Waals surface area contributed by atoms with Crippen LogP contribution in [0.2, 0.25) is 0 Å². The summed E-state index contributed by atoms with van der Waals surface area (Å²) in [5, 5.41) is 11.6. The normalized spacial score (nSPS) is 8.25. The van der Waals surface area contributed by atoms with Crippen LogP contribution >= 0.6 is 0 Å². The highest BCUT2D eigenvalue weighted by Crippen LogP contribution is 1.82. The summed E-state index contributed by atoms with van der Waals surface area (Å²) in [6, 6.07) is 0. The maximum absolute atomic E-state index is 9.75. The fraction of sp³-hybridized carbons (Fsp3) is 0.500. The van der Waals surface area contributed by atoms with Gasteiger partial charge in [0.1, 0.15) is 0 Å². The third kappa shape index (κ3) is 3.34. The minimum atomic E-state index is -1.34. The quantitative estimate of drug-likeness (QED) is 0.381. The Bertz CT molecular complexity index is 60.9. The van der Waals surface area contributed by atoms with Crippen LogP contribution in [-0.4, -0.2) is 13.3 Å². The Morgan fingerprint density at radius 2 is 2.00 bits per heavy atom. The van der Waals surface area contributed by atoms with Crippen molar-refractivity contribution in [2.24, 2.45) is 0 Å². The molecule has 0 saturated carbocycles. The molecule has 0 aromatic heterocycles. The summed E-state index contributed by atoms with van der Waals surface area (Å²) < 4.78 is 0. The van der Waals surface area contributed by atoms with Crippen molar-refractivity contribution in [3.8, 4) is 0 Å². The minimum Gasteiger partial charge on any atom is -0.258 e.